The number of fused-ring (bicyclic) bond motifs is 1. The highest BCUT2D eigenvalue weighted by molar-refractivity contribution is 5.43. The molecule has 7 heteroatoms. The van der Waals surface area contributed by atoms with Gasteiger partial charge in [-0.2, -0.15) is 4.98 Å². The van der Waals surface area contributed by atoms with Crippen LogP contribution in [-0.4, -0.2) is 55.0 Å². The zero-order valence-electron chi connectivity index (χ0n) is 15.0. The van der Waals surface area contributed by atoms with E-state index in [0.29, 0.717) is 12.0 Å². The fraction of sp³-hybridized carbons (Fsp3) is 0.474. The highest BCUT2D eigenvalue weighted by atomic mass is 16.5. The molecule has 3 atom stereocenters. The number of nitrogens with two attached hydrogens (primary N) is 1. The molecule has 0 spiro atoms. The van der Waals surface area contributed by atoms with E-state index in [-0.39, 0.29) is 12.1 Å². The second kappa shape index (κ2) is 7.47. The van der Waals surface area contributed by atoms with Crippen molar-refractivity contribution in [3.8, 4) is 5.75 Å². The SMILES string of the molecule is CO[C@@H]1CN(c2ccnc(N)n2)C[C@@H]1NC1CCOc2ccccc2C1. The molecule has 0 aliphatic carbocycles. The summed E-state index contributed by atoms with van der Waals surface area (Å²) in [5.41, 5.74) is 6.99. The Kier molecular flexibility index (Phi) is 4.90. The standard InChI is InChI=1S/C19H25N5O2/c1-25-17-12-24(18-6-8-21-19(20)23-18)11-15(17)22-14-7-9-26-16-5-3-2-4-13(16)10-14/h2-6,8,14-15,17,22H,7,9-12H2,1H3,(H2,20,21,23)/t14?,15-,17+/m0/s1. The Bertz CT molecular complexity index is 756. The molecule has 2 aliphatic heterocycles. The molecule has 1 aromatic heterocycles. The van der Waals surface area contributed by atoms with E-state index >= 15 is 0 Å². The van der Waals surface area contributed by atoms with Crippen LogP contribution in [0.1, 0.15) is 12.0 Å². The van der Waals surface area contributed by atoms with Gasteiger partial charge >= 0.3 is 0 Å². The van der Waals surface area contributed by atoms with Crippen LogP contribution in [0.15, 0.2) is 36.5 Å². The molecule has 0 amide bonds. The number of nitrogens with one attached hydrogen (secondary N) is 1. The van der Waals surface area contributed by atoms with Crippen LogP contribution in [0.25, 0.3) is 0 Å². The van der Waals surface area contributed by atoms with Crippen molar-refractivity contribution in [2.24, 2.45) is 0 Å². The maximum atomic E-state index is 5.89. The van der Waals surface area contributed by atoms with E-state index in [2.05, 4.69) is 32.3 Å². The van der Waals surface area contributed by atoms with Crippen molar-refractivity contribution in [2.45, 2.75) is 31.0 Å². The van der Waals surface area contributed by atoms with Gasteiger partial charge in [-0.1, -0.05) is 18.2 Å². The van der Waals surface area contributed by atoms with E-state index in [9.17, 15) is 0 Å². The highest BCUT2D eigenvalue weighted by Crippen LogP contribution is 2.25. The van der Waals surface area contributed by atoms with Crippen molar-refractivity contribution in [1.82, 2.24) is 15.3 Å². The number of methoxy groups -OCH3 is 1. The fourth-order valence-corrected chi connectivity index (χ4v) is 3.84. The molecule has 1 saturated heterocycles. The Morgan fingerprint density at radius 3 is 3.00 bits per heavy atom. The number of ether oxygens (including phenoxy) is 2. The van der Waals surface area contributed by atoms with E-state index in [1.807, 2.05) is 18.2 Å². The quantitative estimate of drug-likeness (QED) is 0.853. The Labute approximate surface area is 153 Å². The third kappa shape index (κ3) is 3.59. The van der Waals surface area contributed by atoms with Crippen LogP contribution in [0.5, 0.6) is 5.75 Å². The van der Waals surface area contributed by atoms with Crippen LogP contribution in [-0.2, 0) is 11.2 Å². The summed E-state index contributed by atoms with van der Waals surface area (Å²) in [6.07, 6.45) is 3.73. The van der Waals surface area contributed by atoms with E-state index < -0.39 is 0 Å². The lowest BCUT2D eigenvalue weighted by Gasteiger charge is -2.24. The summed E-state index contributed by atoms with van der Waals surface area (Å²) in [5.74, 6) is 2.15. The molecular weight excluding hydrogens is 330 g/mol. The minimum absolute atomic E-state index is 0.102. The van der Waals surface area contributed by atoms with Crippen molar-refractivity contribution >= 4 is 11.8 Å². The maximum absolute atomic E-state index is 5.89. The highest BCUT2D eigenvalue weighted by Gasteiger charge is 2.35. The first kappa shape index (κ1) is 17.1. The molecule has 0 bridgehead atoms. The topological polar surface area (TPSA) is 85.5 Å². The molecule has 3 heterocycles. The third-order valence-electron chi connectivity index (χ3n) is 5.17. The molecule has 26 heavy (non-hydrogen) atoms. The van der Waals surface area contributed by atoms with Crippen molar-refractivity contribution < 1.29 is 9.47 Å². The number of para-hydroxylation sites is 1. The monoisotopic (exact) mass is 355 g/mol. The molecule has 4 rings (SSSR count). The van der Waals surface area contributed by atoms with Crippen LogP contribution < -0.4 is 20.7 Å². The zero-order valence-corrected chi connectivity index (χ0v) is 15.0. The third-order valence-corrected chi connectivity index (χ3v) is 5.17. The molecule has 2 aliphatic rings. The molecule has 1 fully saturated rings. The summed E-state index contributed by atoms with van der Waals surface area (Å²) < 4.78 is 11.6. The molecule has 1 unspecified atom stereocenters. The minimum atomic E-state index is 0.102. The predicted octanol–water partition coefficient (Wildman–Crippen LogP) is 1.25. The van der Waals surface area contributed by atoms with Gasteiger partial charge in [-0.15, -0.1) is 0 Å². The lowest BCUT2D eigenvalue weighted by Crippen LogP contribution is -2.46. The Morgan fingerprint density at radius 2 is 2.15 bits per heavy atom. The minimum Gasteiger partial charge on any atom is -0.493 e. The number of aromatic nitrogens is 2. The second-order valence-corrected chi connectivity index (χ2v) is 6.87. The number of hydrogen-bond acceptors (Lipinski definition) is 7. The zero-order chi connectivity index (χ0) is 17.9. The first-order valence-corrected chi connectivity index (χ1v) is 9.06. The number of nitrogen functional groups attached to an aromatic ring is 1. The van der Waals surface area contributed by atoms with Gasteiger partial charge in [0.05, 0.1) is 18.8 Å². The van der Waals surface area contributed by atoms with Gasteiger partial charge in [-0.3, -0.25) is 0 Å². The van der Waals surface area contributed by atoms with Crippen molar-refractivity contribution in [3.05, 3.63) is 42.1 Å². The van der Waals surface area contributed by atoms with Gasteiger partial charge in [-0.05, 0) is 30.5 Å². The Morgan fingerprint density at radius 1 is 1.27 bits per heavy atom. The largest absolute Gasteiger partial charge is 0.493 e. The lowest BCUT2D eigenvalue weighted by atomic mass is 10.0. The first-order valence-electron chi connectivity index (χ1n) is 9.06. The molecule has 1 aromatic carbocycles. The molecule has 3 N–H and O–H groups in total. The lowest BCUT2D eigenvalue weighted by molar-refractivity contribution is 0.0921. The normalized spacial score (nSPS) is 25.4. The molecular formula is C19H25N5O2. The van der Waals surface area contributed by atoms with E-state index in [1.165, 1.54) is 5.56 Å². The summed E-state index contributed by atoms with van der Waals surface area (Å²) in [6.45, 7) is 2.34. The molecule has 0 radical (unpaired) electrons. The van der Waals surface area contributed by atoms with Gasteiger partial charge in [0.25, 0.3) is 0 Å². The Hall–Kier alpha value is -2.38. The van der Waals surface area contributed by atoms with Crippen LogP contribution in [0, 0.1) is 0 Å². The second-order valence-electron chi connectivity index (χ2n) is 6.87. The number of nitrogens with zero attached hydrogens (tertiary/aromatic N) is 3. The molecule has 2 aromatic rings. The van der Waals surface area contributed by atoms with Gasteiger partial charge in [0.2, 0.25) is 5.95 Å². The summed E-state index contributed by atoms with van der Waals surface area (Å²) >= 11 is 0. The summed E-state index contributed by atoms with van der Waals surface area (Å²) in [5, 5.41) is 3.79. The van der Waals surface area contributed by atoms with Crippen LogP contribution in [0.3, 0.4) is 0 Å². The number of rotatable bonds is 4. The van der Waals surface area contributed by atoms with Gasteiger partial charge in [0, 0.05) is 32.4 Å². The van der Waals surface area contributed by atoms with E-state index in [1.54, 1.807) is 13.3 Å². The average molecular weight is 355 g/mol. The van der Waals surface area contributed by atoms with E-state index in [4.69, 9.17) is 15.2 Å². The smallest absolute Gasteiger partial charge is 0.221 e. The fourth-order valence-electron chi connectivity index (χ4n) is 3.84. The predicted molar refractivity (Wildman–Crippen MR) is 100 cm³/mol. The molecule has 7 nitrogen and oxygen atoms in total. The van der Waals surface area contributed by atoms with Crippen molar-refractivity contribution in [3.63, 3.8) is 0 Å². The maximum Gasteiger partial charge on any atom is 0.221 e. The molecule has 0 saturated carbocycles. The van der Waals surface area contributed by atoms with Crippen LogP contribution in [0.4, 0.5) is 11.8 Å². The van der Waals surface area contributed by atoms with Gasteiger partial charge < -0.3 is 25.4 Å². The average Bonchev–Trinajstić information content (AvgIpc) is 2.94. The number of benzene rings is 1. The number of hydrogen-bond donors (Lipinski definition) is 2. The Balaban J connectivity index is 1.45. The van der Waals surface area contributed by atoms with Crippen molar-refractivity contribution in [2.75, 3.05) is 37.4 Å². The first-order chi connectivity index (χ1) is 12.7. The van der Waals surface area contributed by atoms with Gasteiger partial charge in [0.15, 0.2) is 0 Å². The summed E-state index contributed by atoms with van der Waals surface area (Å²) in [4.78, 5) is 10.5. The molecule has 138 valence electrons. The number of anilines is 2. The van der Waals surface area contributed by atoms with Gasteiger partial charge in [-0.25, -0.2) is 4.98 Å². The summed E-state index contributed by atoms with van der Waals surface area (Å²) in [6, 6.07) is 10.8. The van der Waals surface area contributed by atoms with E-state index in [0.717, 1.165) is 44.1 Å². The van der Waals surface area contributed by atoms with Crippen LogP contribution in [0.2, 0.25) is 0 Å². The van der Waals surface area contributed by atoms with Gasteiger partial charge in [0.1, 0.15) is 11.6 Å². The van der Waals surface area contributed by atoms with Crippen molar-refractivity contribution in [1.29, 1.82) is 0 Å². The summed E-state index contributed by atoms with van der Waals surface area (Å²) in [7, 11) is 1.77. The van der Waals surface area contributed by atoms with Crippen LogP contribution >= 0.6 is 0 Å².